The second kappa shape index (κ2) is 8.64. The maximum Gasteiger partial charge on any atom is 0.325 e. The summed E-state index contributed by atoms with van der Waals surface area (Å²) >= 11 is 6.52. The topological polar surface area (TPSA) is 85.4 Å². The summed E-state index contributed by atoms with van der Waals surface area (Å²) in [5.41, 5.74) is 1.70. The Bertz CT molecular complexity index is 1190. The van der Waals surface area contributed by atoms with Crippen molar-refractivity contribution in [3.8, 4) is 11.5 Å². The molecule has 1 saturated heterocycles. The third kappa shape index (κ3) is 3.51. The van der Waals surface area contributed by atoms with Crippen LogP contribution in [-0.4, -0.2) is 50.0 Å². The summed E-state index contributed by atoms with van der Waals surface area (Å²) in [5.74, 6) is -0.532. The molecule has 2 aromatic rings. The van der Waals surface area contributed by atoms with Gasteiger partial charge in [0.2, 0.25) is 0 Å². The first-order valence-corrected chi connectivity index (χ1v) is 10.6. The number of hydrogen-bond donors (Lipinski definition) is 0. The van der Waals surface area contributed by atoms with E-state index in [1.807, 2.05) is 0 Å². The number of carbonyl (C=O) groups excluding carboxylic acids is 3. The van der Waals surface area contributed by atoms with Gasteiger partial charge in [-0.3, -0.25) is 24.2 Å². The summed E-state index contributed by atoms with van der Waals surface area (Å²) in [6.45, 7) is -0.264. The van der Waals surface area contributed by atoms with E-state index in [1.54, 1.807) is 42.5 Å². The van der Waals surface area contributed by atoms with Crippen molar-refractivity contribution < 1.29 is 28.6 Å². The first-order chi connectivity index (χ1) is 15.4. The van der Waals surface area contributed by atoms with Gasteiger partial charge in [-0.2, -0.15) is 0 Å². The van der Waals surface area contributed by atoms with Crippen LogP contribution in [0.3, 0.4) is 0 Å². The number of esters is 1. The summed E-state index contributed by atoms with van der Waals surface area (Å²) < 4.78 is 15.7. The predicted molar refractivity (Wildman–Crippen MR) is 125 cm³/mol. The average Bonchev–Trinajstić information content (AvgIpc) is 3.25. The lowest BCUT2D eigenvalue weighted by atomic mass is 10.1. The molecule has 0 spiro atoms. The second-order valence-electron chi connectivity index (χ2n) is 6.74. The highest BCUT2D eigenvalue weighted by Gasteiger charge is 2.43. The summed E-state index contributed by atoms with van der Waals surface area (Å²) in [6, 6.07) is 12.0. The number of para-hydroxylation sites is 1. The lowest BCUT2D eigenvalue weighted by Gasteiger charge is -2.18. The van der Waals surface area contributed by atoms with E-state index in [4.69, 9.17) is 26.4 Å². The summed E-state index contributed by atoms with van der Waals surface area (Å²) in [5, 5.41) is 0. The zero-order valence-corrected chi connectivity index (χ0v) is 19.0. The van der Waals surface area contributed by atoms with E-state index >= 15 is 0 Å². The highest BCUT2D eigenvalue weighted by atomic mass is 32.2. The number of thiocarbonyl (C=S) groups is 1. The van der Waals surface area contributed by atoms with Crippen LogP contribution in [0.2, 0.25) is 0 Å². The molecule has 0 radical (unpaired) electrons. The largest absolute Gasteiger partial charge is 0.497 e. The molecule has 4 rings (SSSR count). The van der Waals surface area contributed by atoms with Gasteiger partial charge in [-0.25, -0.2) is 0 Å². The first-order valence-electron chi connectivity index (χ1n) is 9.42. The van der Waals surface area contributed by atoms with E-state index in [0.717, 1.165) is 11.8 Å². The van der Waals surface area contributed by atoms with Crippen molar-refractivity contribution in [2.75, 3.05) is 37.7 Å². The Morgan fingerprint density at radius 2 is 1.75 bits per heavy atom. The monoisotopic (exact) mass is 470 g/mol. The number of hydrogen-bond acceptors (Lipinski definition) is 8. The van der Waals surface area contributed by atoms with Crippen LogP contribution < -0.4 is 19.3 Å². The molecule has 0 bridgehead atoms. The van der Waals surface area contributed by atoms with Crippen molar-refractivity contribution in [3.63, 3.8) is 0 Å². The molecule has 0 saturated carbocycles. The van der Waals surface area contributed by atoms with Crippen LogP contribution in [0.1, 0.15) is 5.56 Å². The number of fused-ring (bicyclic) bond motifs is 1. The van der Waals surface area contributed by atoms with Crippen molar-refractivity contribution in [2.24, 2.45) is 0 Å². The summed E-state index contributed by atoms with van der Waals surface area (Å²) in [4.78, 5) is 41.5. The van der Waals surface area contributed by atoms with Crippen LogP contribution in [-0.2, 0) is 19.1 Å². The Morgan fingerprint density at radius 1 is 1.00 bits per heavy atom. The van der Waals surface area contributed by atoms with Gasteiger partial charge in [0.15, 0.2) is 4.32 Å². The van der Waals surface area contributed by atoms with Gasteiger partial charge in [-0.05, 0) is 18.2 Å². The number of ether oxygens (including phenoxy) is 3. The van der Waals surface area contributed by atoms with Crippen LogP contribution in [0, 0.1) is 0 Å². The SMILES string of the molecule is COC(=O)CN1C(=O)C(=C2SC(=S)N(c3cc(OC)ccc3OC)C2=O)c2ccccc21. The number of rotatable bonds is 5. The molecule has 2 aromatic carbocycles. The van der Waals surface area contributed by atoms with Crippen LogP contribution >= 0.6 is 24.0 Å². The van der Waals surface area contributed by atoms with E-state index in [1.165, 1.54) is 31.1 Å². The van der Waals surface area contributed by atoms with E-state index in [-0.39, 0.29) is 21.3 Å². The molecule has 0 unspecified atom stereocenters. The van der Waals surface area contributed by atoms with Gasteiger partial charge in [0.25, 0.3) is 11.8 Å². The summed E-state index contributed by atoms with van der Waals surface area (Å²) in [6.07, 6.45) is 0. The molecule has 32 heavy (non-hydrogen) atoms. The molecule has 2 amide bonds. The number of carbonyl (C=O) groups is 3. The normalized spacial score (nSPS) is 17.7. The minimum Gasteiger partial charge on any atom is -0.497 e. The number of anilines is 2. The fraction of sp³-hybridized carbons (Fsp3) is 0.182. The molecule has 10 heteroatoms. The zero-order valence-electron chi connectivity index (χ0n) is 17.4. The Labute approximate surface area is 193 Å². The lowest BCUT2D eigenvalue weighted by molar-refractivity contribution is -0.139. The lowest BCUT2D eigenvalue weighted by Crippen LogP contribution is -2.33. The standard InChI is InChI=1S/C22H18N2O6S2/c1-28-12-8-9-16(29-2)15(10-12)24-21(27)19(32-22(24)31)18-13-6-4-5-7-14(13)23(20(18)26)11-17(25)30-3/h4-10H,11H2,1-3H3. The third-order valence-electron chi connectivity index (χ3n) is 5.06. The molecule has 0 aromatic heterocycles. The van der Waals surface area contributed by atoms with Crippen molar-refractivity contribution in [3.05, 3.63) is 52.9 Å². The van der Waals surface area contributed by atoms with Gasteiger partial charge in [0.1, 0.15) is 18.0 Å². The fourth-order valence-electron chi connectivity index (χ4n) is 3.55. The smallest absolute Gasteiger partial charge is 0.325 e. The molecule has 2 heterocycles. The Balaban J connectivity index is 1.82. The van der Waals surface area contributed by atoms with Crippen molar-refractivity contribution in [1.29, 1.82) is 0 Å². The van der Waals surface area contributed by atoms with E-state index in [9.17, 15) is 14.4 Å². The molecule has 0 N–H and O–H groups in total. The molecule has 0 atom stereocenters. The average molecular weight is 471 g/mol. The molecular weight excluding hydrogens is 452 g/mol. The molecular formula is C22H18N2O6S2. The van der Waals surface area contributed by atoms with Crippen LogP contribution in [0.5, 0.6) is 11.5 Å². The maximum atomic E-state index is 13.5. The van der Waals surface area contributed by atoms with Gasteiger partial charge in [-0.15, -0.1) is 0 Å². The van der Waals surface area contributed by atoms with Crippen LogP contribution in [0.4, 0.5) is 11.4 Å². The Morgan fingerprint density at radius 3 is 2.44 bits per heavy atom. The predicted octanol–water partition coefficient (Wildman–Crippen LogP) is 3.00. The van der Waals surface area contributed by atoms with Gasteiger partial charge in [0, 0.05) is 11.6 Å². The number of thioether (sulfide) groups is 1. The second-order valence-corrected chi connectivity index (χ2v) is 8.38. The molecule has 8 nitrogen and oxygen atoms in total. The quantitative estimate of drug-likeness (QED) is 0.375. The molecule has 0 aliphatic carbocycles. The molecule has 1 fully saturated rings. The number of methoxy groups -OCH3 is 3. The van der Waals surface area contributed by atoms with Crippen molar-refractivity contribution in [2.45, 2.75) is 0 Å². The number of nitrogens with zero attached hydrogens (tertiary/aromatic N) is 2. The molecule has 164 valence electrons. The summed E-state index contributed by atoms with van der Waals surface area (Å²) in [7, 11) is 4.26. The number of benzene rings is 2. The van der Waals surface area contributed by atoms with Crippen molar-refractivity contribution in [1.82, 2.24) is 0 Å². The van der Waals surface area contributed by atoms with E-state index < -0.39 is 17.8 Å². The minimum atomic E-state index is -0.567. The van der Waals surface area contributed by atoms with Crippen LogP contribution in [0.15, 0.2) is 47.4 Å². The minimum absolute atomic E-state index is 0.185. The van der Waals surface area contributed by atoms with Gasteiger partial charge >= 0.3 is 5.97 Å². The van der Waals surface area contributed by atoms with E-state index in [0.29, 0.717) is 28.4 Å². The maximum absolute atomic E-state index is 13.5. The highest BCUT2D eigenvalue weighted by Crippen LogP contribution is 2.47. The van der Waals surface area contributed by atoms with Crippen LogP contribution in [0.25, 0.3) is 5.57 Å². The van der Waals surface area contributed by atoms with Gasteiger partial charge < -0.3 is 14.2 Å². The highest BCUT2D eigenvalue weighted by molar-refractivity contribution is 8.27. The molecule has 2 aliphatic rings. The van der Waals surface area contributed by atoms with Gasteiger partial charge in [0.05, 0.1) is 43.2 Å². The Kier molecular flexibility index (Phi) is 5.90. The third-order valence-corrected chi connectivity index (χ3v) is 6.43. The first kappa shape index (κ1) is 21.8. The van der Waals surface area contributed by atoms with Crippen molar-refractivity contribution >= 4 is 63.0 Å². The Hall–Kier alpha value is -3.37. The van der Waals surface area contributed by atoms with Gasteiger partial charge in [-0.1, -0.05) is 42.2 Å². The molecule has 2 aliphatic heterocycles. The zero-order chi connectivity index (χ0) is 23.0. The number of amides is 2. The van der Waals surface area contributed by atoms with E-state index in [2.05, 4.69) is 0 Å². The fourth-order valence-corrected chi connectivity index (χ4v) is 4.90.